The largest absolute Gasteiger partial charge is 0.330 e. The third-order valence-electron chi connectivity index (χ3n) is 2.42. The Hall–Kier alpha value is -1.32. The minimum Gasteiger partial charge on any atom is -0.330 e. The molecule has 16 heavy (non-hydrogen) atoms. The maximum Gasteiger partial charge on any atom is 0.0834 e. The van der Waals surface area contributed by atoms with Gasteiger partial charge in [-0.3, -0.25) is 0 Å². The first-order valence-corrected chi connectivity index (χ1v) is 5.60. The summed E-state index contributed by atoms with van der Waals surface area (Å²) in [6.07, 6.45) is 0.790. The molecule has 0 bridgehead atoms. The molecule has 0 spiro atoms. The summed E-state index contributed by atoms with van der Waals surface area (Å²) >= 11 is 6.13. The highest BCUT2D eigenvalue weighted by atomic mass is 35.5. The minimum atomic E-state index is 0.610. The van der Waals surface area contributed by atoms with Crippen LogP contribution in [0.3, 0.4) is 0 Å². The Morgan fingerprint density at radius 3 is 2.81 bits per heavy atom. The standard InChI is InChI=1S/C12H14ClN3/c1-9-8-10(6-7-14)15-16(9)12-5-3-2-4-11(12)13/h2-5,8H,6-7,14H2,1H3. The maximum atomic E-state index is 6.13. The van der Waals surface area contributed by atoms with Gasteiger partial charge in [0.2, 0.25) is 0 Å². The molecule has 0 amide bonds. The van der Waals surface area contributed by atoms with Crippen molar-refractivity contribution in [2.45, 2.75) is 13.3 Å². The van der Waals surface area contributed by atoms with E-state index in [2.05, 4.69) is 5.10 Å². The van der Waals surface area contributed by atoms with Crippen LogP contribution < -0.4 is 5.73 Å². The van der Waals surface area contributed by atoms with Crippen molar-refractivity contribution in [2.24, 2.45) is 5.73 Å². The number of hydrogen-bond donors (Lipinski definition) is 1. The maximum absolute atomic E-state index is 6.13. The second-order valence-corrected chi connectivity index (χ2v) is 4.09. The molecule has 1 heterocycles. The van der Waals surface area contributed by atoms with Crippen LogP contribution in [0.15, 0.2) is 30.3 Å². The molecule has 0 fully saturated rings. The summed E-state index contributed by atoms with van der Waals surface area (Å²) in [5.41, 5.74) is 8.49. The molecule has 0 radical (unpaired) electrons. The lowest BCUT2D eigenvalue weighted by molar-refractivity contribution is 0.804. The number of nitrogens with two attached hydrogens (primary N) is 1. The van der Waals surface area contributed by atoms with E-state index < -0.39 is 0 Å². The van der Waals surface area contributed by atoms with Gasteiger partial charge in [0.25, 0.3) is 0 Å². The monoisotopic (exact) mass is 235 g/mol. The molecular weight excluding hydrogens is 222 g/mol. The average molecular weight is 236 g/mol. The SMILES string of the molecule is Cc1cc(CCN)nn1-c1ccccc1Cl. The summed E-state index contributed by atoms with van der Waals surface area (Å²) in [7, 11) is 0. The van der Waals surface area contributed by atoms with E-state index in [9.17, 15) is 0 Å². The van der Waals surface area contributed by atoms with Gasteiger partial charge < -0.3 is 5.73 Å². The third-order valence-corrected chi connectivity index (χ3v) is 2.74. The predicted molar refractivity (Wildman–Crippen MR) is 66.1 cm³/mol. The first-order valence-electron chi connectivity index (χ1n) is 5.23. The molecule has 0 unspecified atom stereocenters. The number of aryl methyl sites for hydroxylation is 1. The number of nitrogens with zero attached hydrogens (tertiary/aromatic N) is 2. The molecule has 0 saturated carbocycles. The van der Waals surface area contributed by atoms with Crippen molar-refractivity contribution < 1.29 is 0 Å². The van der Waals surface area contributed by atoms with Gasteiger partial charge in [0.15, 0.2) is 0 Å². The van der Waals surface area contributed by atoms with Crippen LogP contribution in [-0.2, 0) is 6.42 Å². The predicted octanol–water partition coefficient (Wildman–Crippen LogP) is 2.34. The van der Waals surface area contributed by atoms with Crippen molar-refractivity contribution in [2.75, 3.05) is 6.54 Å². The number of rotatable bonds is 3. The highest BCUT2D eigenvalue weighted by Gasteiger charge is 2.08. The fourth-order valence-electron chi connectivity index (χ4n) is 1.68. The Labute approximate surface area is 99.8 Å². The fraction of sp³-hybridized carbons (Fsp3) is 0.250. The molecule has 0 aliphatic rings. The lowest BCUT2D eigenvalue weighted by Gasteiger charge is -2.05. The van der Waals surface area contributed by atoms with Gasteiger partial charge in [-0.1, -0.05) is 23.7 Å². The number of aromatic nitrogens is 2. The van der Waals surface area contributed by atoms with Crippen LogP contribution in [0.4, 0.5) is 0 Å². The first kappa shape index (κ1) is 11.2. The fourth-order valence-corrected chi connectivity index (χ4v) is 1.89. The Bertz CT molecular complexity index is 491. The Kier molecular flexibility index (Phi) is 3.27. The van der Waals surface area contributed by atoms with Crippen molar-refractivity contribution in [1.29, 1.82) is 0 Å². The minimum absolute atomic E-state index is 0.610. The van der Waals surface area contributed by atoms with Gasteiger partial charge in [0, 0.05) is 12.1 Å². The molecule has 0 aliphatic heterocycles. The first-order chi connectivity index (χ1) is 7.72. The Morgan fingerprint density at radius 1 is 1.38 bits per heavy atom. The van der Waals surface area contributed by atoms with E-state index in [1.165, 1.54) is 0 Å². The van der Waals surface area contributed by atoms with Crippen LogP contribution in [0, 0.1) is 6.92 Å². The normalized spacial score (nSPS) is 10.7. The molecule has 2 rings (SSSR count). The van der Waals surface area contributed by atoms with Gasteiger partial charge in [-0.2, -0.15) is 5.10 Å². The molecule has 3 nitrogen and oxygen atoms in total. The number of benzene rings is 1. The van der Waals surface area contributed by atoms with Gasteiger partial charge in [0.05, 0.1) is 16.4 Å². The molecule has 2 aromatic rings. The van der Waals surface area contributed by atoms with E-state index >= 15 is 0 Å². The second-order valence-electron chi connectivity index (χ2n) is 3.68. The zero-order valence-electron chi connectivity index (χ0n) is 9.15. The van der Waals surface area contributed by atoms with Crippen LogP contribution in [0.25, 0.3) is 5.69 Å². The van der Waals surface area contributed by atoms with Crippen LogP contribution in [0.5, 0.6) is 0 Å². The highest BCUT2D eigenvalue weighted by Crippen LogP contribution is 2.21. The summed E-state index contributed by atoms with van der Waals surface area (Å²) in [4.78, 5) is 0. The van der Waals surface area contributed by atoms with Crippen molar-refractivity contribution in [3.05, 3.63) is 46.7 Å². The van der Waals surface area contributed by atoms with E-state index in [0.717, 1.165) is 23.5 Å². The molecule has 2 N–H and O–H groups in total. The quantitative estimate of drug-likeness (QED) is 0.888. The molecule has 4 heteroatoms. The smallest absolute Gasteiger partial charge is 0.0834 e. The molecule has 1 aromatic carbocycles. The summed E-state index contributed by atoms with van der Waals surface area (Å²) in [5.74, 6) is 0. The summed E-state index contributed by atoms with van der Waals surface area (Å²) in [5, 5.41) is 5.18. The second kappa shape index (κ2) is 4.68. The van der Waals surface area contributed by atoms with E-state index in [0.29, 0.717) is 11.6 Å². The van der Waals surface area contributed by atoms with Crippen LogP contribution in [0.2, 0.25) is 5.02 Å². The van der Waals surface area contributed by atoms with Crippen molar-refractivity contribution >= 4 is 11.6 Å². The Balaban J connectivity index is 2.44. The van der Waals surface area contributed by atoms with Gasteiger partial charge in [-0.15, -0.1) is 0 Å². The van der Waals surface area contributed by atoms with Crippen molar-refractivity contribution in [3.63, 3.8) is 0 Å². The third kappa shape index (κ3) is 2.10. The van der Waals surface area contributed by atoms with Gasteiger partial charge in [0.1, 0.15) is 0 Å². The van der Waals surface area contributed by atoms with E-state index in [1.54, 1.807) is 0 Å². The Morgan fingerprint density at radius 2 is 2.12 bits per heavy atom. The zero-order valence-corrected chi connectivity index (χ0v) is 9.91. The van der Waals surface area contributed by atoms with E-state index in [-0.39, 0.29) is 0 Å². The van der Waals surface area contributed by atoms with Crippen molar-refractivity contribution in [3.8, 4) is 5.69 Å². The lowest BCUT2D eigenvalue weighted by atomic mass is 10.3. The van der Waals surface area contributed by atoms with Gasteiger partial charge >= 0.3 is 0 Å². The number of halogens is 1. The van der Waals surface area contributed by atoms with Gasteiger partial charge in [-0.05, 0) is 31.7 Å². The summed E-state index contributed by atoms with van der Waals surface area (Å²) in [6.45, 7) is 2.62. The molecule has 0 aliphatic carbocycles. The zero-order chi connectivity index (χ0) is 11.5. The lowest BCUT2D eigenvalue weighted by Crippen LogP contribution is -2.04. The molecule has 84 valence electrons. The van der Waals surface area contributed by atoms with Crippen LogP contribution >= 0.6 is 11.6 Å². The van der Waals surface area contributed by atoms with Crippen molar-refractivity contribution in [1.82, 2.24) is 9.78 Å². The topological polar surface area (TPSA) is 43.8 Å². The average Bonchev–Trinajstić information content (AvgIpc) is 2.61. The molecule has 1 aromatic heterocycles. The van der Waals surface area contributed by atoms with Gasteiger partial charge in [-0.25, -0.2) is 4.68 Å². The summed E-state index contributed by atoms with van der Waals surface area (Å²) in [6, 6.07) is 9.71. The number of hydrogen-bond acceptors (Lipinski definition) is 2. The highest BCUT2D eigenvalue weighted by molar-refractivity contribution is 6.32. The van der Waals surface area contributed by atoms with E-state index in [1.807, 2.05) is 41.9 Å². The van der Waals surface area contributed by atoms with Crippen LogP contribution in [0.1, 0.15) is 11.4 Å². The molecule has 0 saturated heterocycles. The van der Waals surface area contributed by atoms with Crippen LogP contribution in [-0.4, -0.2) is 16.3 Å². The number of para-hydroxylation sites is 1. The molecular formula is C12H14ClN3. The molecule has 0 atom stereocenters. The summed E-state index contributed by atoms with van der Waals surface area (Å²) < 4.78 is 1.85. The van der Waals surface area contributed by atoms with E-state index in [4.69, 9.17) is 17.3 Å².